The van der Waals surface area contributed by atoms with E-state index in [1.54, 1.807) is 18.3 Å². The first-order chi connectivity index (χ1) is 7.08. The molecule has 0 aliphatic rings. The number of nitrogens with zero attached hydrogens (tertiary/aromatic N) is 1. The molecule has 84 valence electrons. The lowest BCUT2D eigenvalue weighted by molar-refractivity contribution is -0.117. The third kappa shape index (κ3) is 5.44. The van der Waals surface area contributed by atoms with Crippen LogP contribution in [0.15, 0.2) is 15.9 Å². The highest BCUT2D eigenvalue weighted by Gasteiger charge is 2.02. The Morgan fingerprint density at radius 1 is 1.53 bits per heavy atom. The molecule has 4 heteroatoms. The number of hydrogen-bond acceptors (Lipinski definition) is 3. The maximum Gasteiger partial charge on any atom is 0.131 e. The number of halogens is 1. The normalized spacial score (nSPS) is 10.9. The maximum atomic E-state index is 10.8. The van der Waals surface area contributed by atoms with Gasteiger partial charge in [-0.1, -0.05) is 0 Å². The molecule has 0 aliphatic heterocycles. The first-order valence-corrected chi connectivity index (χ1v) is 6.66. The maximum absolute atomic E-state index is 10.8. The lowest BCUT2D eigenvalue weighted by Gasteiger charge is -2.14. The minimum absolute atomic E-state index is 0.265. The Morgan fingerprint density at radius 3 is 2.80 bits per heavy atom. The van der Waals surface area contributed by atoms with Gasteiger partial charge in [0, 0.05) is 34.2 Å². The van der Waals surface area contributed by atoms with E-state index in [0.29, 0.717) is 6.42 Å². The number of thiophene rings is 1. The molecule has 0 radical (unpaired) electrons. The predicted molar refractivity (Wildman–Crippen MR) is 68.5 cm³/mol. The second-order valence-corrected chi connectivity index (χ2v) is 5.65. The zero-order valence-electron chi connectivity index (χ0n) is 9.12. The highest BCUT2D eigenvalue weighted by molar-refractivity contribution is 9.10. The van der Waals surface area contributed by atoms with Crippen LogP contribution in [0.5, 0.6) is 0 Å². The van der Waals surface area contributed by atoms with Gasteiger partial charge < -0.3 is 4.90 Å². The highest BCUT2D eigenvalue weighted by atomic mass is 79.9. The summed E-state index contributed by atoms with van der Waals surface area (Å²) in [5.74, 6) is 0.265. The van der Waals surface area contributed by atoms with Gasteiger partial charge in [-0.2, -0.15) is 0 Å². The first-order valence-electron chi connectivity index (χ1n) is 4.99. The van der Waals surface area contributed by atoms with E-state index in [1.165, 1.54) is 4.88 Å². The van der Waals surface area contributed by atoms with Crippen molar-refractivity contribution in [2.75, 3.05) is 20.1 Å². The summed E-state index contributed by atoms with van der Waals surface area (Å²) >= 11 is 5.22. The Hall–Kier alpha value is -0.190. The van der Waals surface area contributed by atoms with Crippen molar-refractivity contribution in [2.24, 2.45) is 0 Å². The molecule has 0 aliphatic carbocycles. The topological polar surface area (TPSA) is 20.3 Å². The van der Waals surface area contributed by atoms with Gasteiger partial charge >= 0.3 is 0 Å². The van der Waals surface area contributed by atoms with Crippen molar-refractivity contribution in [1.29, 1.82) is 0 Å². The van der Waals surface area contributed by atoms with Crippen molar-refractivity contribution in [3.63, 3.8) is 0 Å². The molecule has 15 heavy (non-hydrogen) atoms. The van der Waals surface area contributed by atoms with Crippen molar-refractivity contribution in [2.45, 2.75) is 19.8 Å². The van der Waals surface area contributed by atoms with Gasteiger partial charge in [-0.05, 0) is 42.4 Å². The molecular weight excluding hydrogens is 274 g/mol. The summed E-state index contributed by atoms with van der Waals surface area (Å²) in [5, 5.41) is 2.10. The minimum atomic E-state index is 0.265. The molecule has 1 heterocycles. The molecule has 0 aromatic carbocycles. The minimum Gasteiger partial charge on any atom is -0.306 e. The lowest BCUT2D eigenvalue weighted by Crippen LogP contribution is -2.23. The van der Waals surface area contributed by atoms with E-state index >= 15 is 0 Å². The van der Waals surface area contributed by atoms with Crippen molar-refractivity contribution in [1.82, 2.24) is 4.90 Å². The summed E-state index contributed by atoms with van der Waals surface area (Å²) in [6.07, 6.45) is 1.72. The van der Waals surface area contributed by atoms with Crippen LogP contribution in [0.3, 0.4) is 0 Å². The van der Waals surface area contributed by atoms with Crippen LogP contribution < -0.4 is 0 Å². The second-order valence-electron chi connectivity index (χ2n) is 3.74. The van der Waals surface area contributed by atoms with Crippen LogP contribution in [0.2, 0.25) is 0 Å². The fraction of sp³-hybridized carbons (Fsp3) is 0.545. The standard InChI is InChI=1S/C11H16BrNOS/c1-9(14)3-5-13(2)6-4-11-7-10(12)8-15-11/h7-8H,3-6H2,1-2H3. The van der Waals surface area contributed by atoms with Crippen molar-refractivity contribution in [3.05, 3.63) is 20.8 Å². The van der Waals surface area contributed by atoms with Crippen LogP contribution in [0.4, 0.5) is 0 Å². The van der Waals surface area contributed by atoms with Crippen LogP contribution in [-0.4, -0.2) is 30.8 Å². The molecule has 1 aromatic heterocycles. The third-order valence-electron chi connectivity index (χ3n) is 2.21. The summed E-state index contributed by atoms with van der Waals surface area (Å²) in [4.78, 5) is 14.4. The van der Waals surface area contributed by atoms with Gasteiger partial charge in [-0.15, -0.1) is 11.3 Å². The van der Waals surface area contributed by atoms with E-state index in [1.807, 2.05) is 0 Å². The summed E-state index contributed by atoms with van der Waals surface area (Å²) in [6, 6.07) is 2.16. The third-order valence-corrected chi connectivity index (χ3v) is 3.96. The zero-order chi connectivity index (χ0) is 11.3. The quantitative estimate of drug-likeness (QED) is 0.803. The van der Waals surface area contributed by atoms with Crippen molar-refractivity contribution >= 4 is 33.0 Å². The van der Waals surface area contributed by atoms with Gasteiger partial charge in [0.2, 0.25) is 0 Å². The van der Waals surface area contributed by atoms with Crippen molar-refractivity contribution < 1.29 is 4.79 Å². The summed E-state index contributed by atoms with van der Waals surface area (Å²) < 4.78 is 1.16. The summed E-state index contributed by atoms with van der Waals surface area (Å²) in [6.45, 7) is 3.52. The Balaban J connectivity index is 2.22. The number of ketones is 1. The molecule has 1 aromatic rings. The van der Waals surface area contributed by atoms with E-state index in [0.717, 1.165) is 24.0 Å². The first kappa shape index (κ1) is 12.9. The Kier molecular flexibility index (Phi) is 5.50. The zero-order valence-corrected chi connectivity index (χ0v) is 11.5. The number of likely N-dealkylation sites (N-methyl/N-ethyl adjacent to an activating group) is 1. The molecule has 0 fully saturated rings. The molecule has 0 saturated carbocycles. The Labute approximate surface area is 103 Å². The fourth-order valence-corrected chi connectivity index (χ4v) is 2.69. The van der Waals surface area contributed by atoms with Crippen molar-refractivity contribution in [3.8, 4) is 0 Å². The van der Waals surface area contributed by atoms with Gasteiger partial charge in [0.15, 0.2) is 0 Å². The number of rotatable bonds is 6. The van der Waals surface area contributed by atoms with E-state index in [2.05, 4.69) is 39.3 Å². The molecule has 0 spiro atoms. The molecular formula is C11H16BrNOS. The number of hydrogen-bond donors (Lipinski definition) is 0. The molecule has 1 rings (SSSR count). The van der Waals surface area contributed by atoms with Crippen LogP contribution >= 0.6 is 27.3 Å². The number of carbonyl (C=O) groups is 1. The van der Waals surface area contributed by atoms with Gasteiger partial charge in [-0.25, -0.2) is 0 Å². The molecule has 2 nitrogen and oxygen atoms in total. The van der Waals surface area contributed by atoms with Crippen LogP contribution in [0.1, 0.15) is 18.2 Å². The lowest BCUT2D eigenvalue weighted by atomic mass is 10.3. The molecule has 0 amide bonds. The molecule has 0 saturated heterocycles. The van der Waals surface area contributed by atoms with Crippen LogP contribution in [0, 0.1) is 0 Å². The van der Waals surface area contributed by atoms with E-state index < -0.39 is 0 Å². The summed E-state index contributed by atoms with van der Waals surface area (Å²) in [5.41, 5.74) is 0. The van der Waals surface area contributed by atoms with Crippen LogP contribution in [-0.2, 0) is 11.2 Å². The SMILES string of the molecule is CC(=O)CCN(C)CCc1cc(Br)cs1. The number of Topliss-reactive ketones (excluding diaryl/α,β-unsaturated/α-hetero) is 1. The van der Waals surface area contributed by atoms with E-state index in [4.69, 9.17) is 0 Å². The molecule has 0 bridgehead atoms. The summed E-state index contributed by atoms with van der Waals surface area (Å²) in [7, 11) is 2.06. The number of carbonyl (C=O) groups excluding carboxylic acids is 1. The fourth-order valence-electron chi connectivity index (χ4n) is 1.25. The predicted octanol–water partition coefficient (Wildman–Crippen LogP) is 2.96. The average Bonchev–Trinajstić information content (AvgIpc) is 2.58. The van der Waals surface area contributed by atoms with Gasteiger partial charge in [-0.3, -0.25) is 4.79 Å². The monoisotopic (exact) mass is 289 g/mol. The van der Waals surface area contributed by atoms with Crippen LogP contribution in [0.25, 0.3) is 0 Å². The van der Waals surface area contributed by atoms with Gasteiger partial charge in [0.25, 0.3) is 0 Å². The molecule has 0 unspecified atom stereocenters. The van der Waals surface area contributed by atoms with E-state index in [-0.39, 0.29) is 5.78 Å². The largest absolute Gasteiger partial charge is 0.306 e. The van der Waals surface area contributed by atoms with Gasteiger partial charge in [0.1, 0.15) is 5.78 Å². The Bertz CT molecular complexity index is 324. The van der Waals surface area contributed by atoms with Gasteiger partial charge in [0.05, 0.1) is 0 Å². The van der Waals surface area contributed by atoms with E-state index in [9.17, 15) is 4.79 Å². The average molecular weight is 290 g/mol. The Morgan fingerprint density at radius 2 is 2.27 bits per heavy atom. The second kappa shape index (κ2) is 6.40. The molecule has 0 atom stereocenters. The highest BCUT2D eigenvalue weighted by Crippen LogP contribution is 2.20. The smallest absolute Gasteiger partial charge is 0.131 e. The molecule has 0 N–H and O–H groups in total.